The Morgan fingerprint density at radius 3 is 2.47 bits per heavy atom. The van der Waals surface area contributed by atoms with Crippen LogP contribution in [-0.2, 0) is 16.9 Å². The van der Waals surface area contributed by atoms with E-state index in [9.17, 15) is 14.7 Å². The molecule has 0 spiro atoms. The highest BCUT2D eigenvalue weighted by molar-refractivity contribution is 6.07. The zero-order chi connectivity index (χ0) is 22.3. The highest BCUT2D eigenvalue weighted by Gasteiger charge is 2.48. The molecule has 9 nitrogen and oxygen atoms in total. The predicted molar refractivity (Wildman–Crippen MR) is 116 cm³/mol. The molecular weight excluding hydrogens is 410 g/mol. The molecule has 1 aliphatic rings. The van der Waals surface area contributed by atoms with Crippen molar-refractivity contribution in [2.45, 2.75) is 12.1 Å². The SMILES string of the molecule is COc1ccc2cn(C[C@@]3(c4ccc(-c5cncnc5)cc4)NC(=O)NC3=O)c(O)c2c1. The molecule has 1 fully saturated rings. The summed E-state index contributed by atoms with van der Waals surface area (Å²) in [6.07, 6.45) is 6.58. The Hall–Kier alpha value is -4.40. The molecular formula is C23H19N5O4. The first kappa shape index (κ1) is 19.6. The number of hydrogen-bond acceptors (Lipinski definition) is 6. The minimum absolute atomic E-state index is 0.00119. The molecule has 2 aromatic heterocycles. The van der Waals surface area contributed by atoms with Crippen LogP contribution in [0.2, 0.25) is 0 Å². The number of methoxy groups -OCH3 is 1. The third kappa shape index (κ3) is 3.11. The van der Waals surface area contributed by atoms with Crippen molar-refractivity contribution in [3.05, 3.63) is 72.9 Å². The van der Waals surface area contributed by atoms with Crippen molar-refractivity contribution in [1.82, 2.24) is 25.2 Å². The van der Waals surface area contributed by atoms with E-state index in [4.69, 9.17) is 4.74 Å². The lowest BCUT2D eigenvalue weighted by molar-refractivity contribution is -0.124. The van der Waals surface area contributed by atoms with Gasteiger partial charge in [-0.2, -0.15) is 0 Å². The predicted octanol–water partition coefficient (Wildman–Crippen LogP) is 2.55. The van der Waals surface area contributed by atoms with E-state index in [1.807, 2.05) is 18.2 Å². The third-order valence-corrected chi connectivity index (χ3v) is 5.69. The molecule has 3 N–H and O–H groups in total. The van der Waals surface area contributed by atoms with Crippen molar-refractivity contribution in [1.29, 1.82) is 0 Å². The van der Waals surface area contributed by atoms with Crippen molar-refractivity contribution in [3.8, 4) is 22.8 Å². The molecule has 0 aliphatic carbocycles. The lowest BCUT2D eigenvalue weighted by atomic mass is 9.88. The Balaban J connectivity index is 1.56. The molecule has 32 heavy (non-hydrogen) atoms. The molecule has 3 heterocycles. The number of fused-ring (bicyclic) bond motifs is 1. The highest BCUT2D eigenvalue weighted by Crippen LogP contribution is 2.35. The van der Waals surface area contributed by atoms with Gasteiger partial charge in [0.2, 0.25) is 0 Å². The van der Waals surface area contributed by atoms with Crippen LogP contribution >= 0.6 is 0 Å². The van der Waals surface area contributed by atoms with Crippen molar-refractivity contribution < 1.29 is 19.4 Å². The number of urea groups is 1. The van der Waals surface area contributed by atoms with Gasteiger partial charge in [-0.3, -0.25) is 10.1 Å². The number of aromatic nitrogens is 3. The van der Waals surface area contributed by atoms with Crippen LogP contribution in [0.3, 0.4) is 0 Å². The fraction of sp³-hybridized carbons (Fsp3) is 0.130. The average molecular weight is 429 g/mol. The van der Waals surface area contributed by atoms with Gasteiger partial charge < -0.3 is 19.7 Å². The normalized spacial score (nSPS) is 17.9. The number of carbonyl (C=O) groups excluding carboxylic acids is 2. The Morgan fingerprint density at radius 1 is 1.06 bits per heavy atom. The molecule has 1 atom stereocenters. The quantitative estimate of drug-likeness (QED) is 0.420. The minimum atomic E-state index is -1.39. The zero-order valence-electron chi connectivity index (χ0n) is 17.1. The summed E-state index contributed by atoms with van der Waals surface area (Å²) in [5.41, 5.74) is 0.891. The number of aromatic hydroxyl groups is 1. The van der Waals surface area contributed by atoms with Crippen LogP contribution in [0.5, 0.6) is 11.6 Å². The molecule has 5 rings (SSSR count). The number of ether oxygens (including phenoxy) is 1. The highest BCUT2D eigenvalue weighted by atomic mass is 16.5. The summed E-state index contributed by atoms with van der Waals surface area (Å²) in [5.74, 6) is 0.0889. The van der Waals surface area contributed by atoms with Gasteiger partial charge in [-0.05, 0) is 29.3 Å². The summed E-state index contributed by atoms with van der Waals surface area (Å²) in [5, 5.41) is 17.3. The van der Waals surface area contributed by atoms with E-state index in [2.05, 4.69) is 20.6 Å². The summed E-state index contributed by atoms with van der Waals surface area (Å²) in [7, 11) is 1.55. The summed E-state index contributed by atoms with van der Waals surface area (Å²) in [6.45, 7) is 0.00119. The van der Waals surface area contributed by atoms with Crippen LogP contribution in [0.4, 0.5) is 4.79 Å². The van der Waals surface area contributed by atoms with Gasteiger partial charge in [0, 0.05) is 34.9 Å². The van der Waals surface area contributed by atoms with E-state index in [1.54, 1.807) is 54.5 Å². The van der Waals surface area contributed by atoms with Gasteiger partial charge in [-0.25, -0.2) is 14.8 Å². The number of benzene rings is 2. The maximum Gasteiger partial charge on any atom is 0.322 e. The Bertz CT molecular complexity index is 1330. The zero-order valence-corrected chi connectivity index (χ0v) is 17.1. The van der Waals surface area contributed by atoms with Crippen molar-refractivity contribution >= 4 is 22.7 Å². The average Bonchev–Trinajstić information content (AvgIpc) is 3.29. The van der Waals surface area contributed by atoms with Crippen molar-refractivity contribution in [3.63, 3.8) is 0 Å². The summed E-state index contributed by atoms with van der Waals surface area (Å²) in [4.78, 5) is 33.1. The second kappa shape index (κ2) is 7.38. The number of rotatable bonds is 5. The Morgan fingerprint density at radius 2 is 1.81 bits per heavy atom. The maximum absolute atomic E-state index is 13.0. The van der Waals surface area contributed by atoms with Gasteiger partial charge in [-0.15, -0.1) is 0 Å². The van der Waals surface area contributed by atoms with E-state index in [0.717, 1.165) is 16.5 Å². The molecule has 160 valence electrons. The fourth-order valence-corrected chi connectivity index (χ4v) is 4.02. The molecule has 2 aromatic carbocycles. The standard InChI is InChI=1S/C23H19N5O4/c1-32-18-7-4-15-11-28(20(29)19(15)8-18)12-23(21(30)26-22(31)27-23)17-5-2-14(3-6-17)16-9-24-13-25-10-16/h2-11,13,29H,12H2,1H3,(H2,26,27,30,31)/t23-/m0/s1. The van der Waals surface area contributed by atoms with E-state index in [0.29, 0.717) is 16.7 Å². The summed E-state index contributed by atoms with van der Waals surface area (Å²) in [6, 6.07) is 12.0. The number of amides is 3. The van der Waals surface area contributed by atoms with E-state index >= 15 is 0 Å². The van der Waals surface area contributed by atoms with Gasteiger partial charge in [0.05, 0.1) is 13.7 Å². The van der Waals surface area contributed by atoms with Gasteiger partial charge in [0.15, 0.2) is 11.4 Å². The monoisotopic (exact) mass is 429 g/mol. The van der Waals surface area contributed by atoms with Crippen LogP contribution < -0.4 is 15.4 Å². The van der Waals surface area contributed by atoms with Crippen LogP contribution in [0.1, 0.15) is 5.56 Å². The first-order valence-electron chi connectivity index (χ1n) is 9.85. The van der Waals surface area contributed by atoms with E-state index in [-0.39, 0.29) is 12.4 Å². The molecule has 0 bridgehead atoms. The molecule has 0 unspecified atom stereocenters. The van der Waals surface area contributed by atoms with Gasteiger partial charge in [-0.1, -0.05) is 24.3 Å². The van der Waals surface area contributed by atoms with E-state index in [1.165, 1.54) is 6.33 Å². The largest absolute Gasteiger partial charge is 0.497 e. The Labute approximate surface area is 182 Å². The first-order valence-corrected chi connectivity index (χ1v) is 9.85. The molecule has 1 aliphatic heterocycles. The summed E-state index contributed by atoms with van der Waals surface area (Å²) < 4.78 is 6.79. The van der Waals surface area contributed by atoms with Crippen LogP contribution in [0.15, 0.2) is 67.4 Å². The number of carbonyl (C=O) groups is 2. The van der Waals surface area contributed by atoms with Gasteiger partial charge in [0.25, 0.3) is 5.91 Å². The molecule has 3 amide bonds. The Kier molecular flexibility index (Phi) is 4.51. The van der Waals surface area contributed by atoms with Gasteiger partial charge in [0.1, 0.15) is 12.1 Å². The maximum atomic E-state index is 13.0. The van der Waals surface area contributed by atoms with Crippen LogP contribution in [0, 0.1) is 0 Å². The number of nitrogens with zero attached hydrogens (tertiary/aromatic N) is 3. The summed E-state index contributed by atoms with van der Waals surface area (Å²) >= 11 is 0. The molecule has 1 saturated heterocycles. The topological polar surface area (TPSA) is 118 Å². The number of imide groups is 1. The number of hydrogen-bond donors (Lipinski definition) is 3. The van der Waals surface area contributed by atoms with Crippen LogP contribution in [-0.4, -0.2) is 38.7 Å². The lowest BCUT2D eigenvalue weighted by Gasteiger charge is -2.27. The second-order valence-corrected chi connectivity index (χ2v) is 7.55. The molecule has 0 saturated carbocycles. The molecule has 0 radical (unpaired) electrons. The van der Waals surface area contributed by atoms with E-state index < -0.39 is 17.5 Å². The van der Waals surface area contributed by atoms with Crippen molar-refractivity contribution in [2.24, 2.45) is 0 Å². The minimum Gasteiger partial charge on any atom is -0.497 e. The fourth-order valence-electron chi connectivity index (χ4n) is 4.02. The first-order chi connectivity index (χ1) is 15.5. The second-order valence-electron chi connectivity index (χ2n) is 7.55. The third-order valence-electron chi connectivity index (χ3n) is 5.69. The molecule has 4 aromatic rings. The van der Waals surface area contributed by atoms with Crippen molar-refractivity contribution in [2.75, 3.05) is 7.11 Å². The number of nitrogens with one attached hydrogen (secondary N) is 2. The van der Waals surface area contributed by atoms with Gasteiger partial charge >= 0.3 is 6.03 Å². The molecule has 9 heteroatoms. The smallest absolute Gasteiger partial charge is 0.322 e. The lowest BCUT2D eigenvalue weighted by Crippen LogP contribution is -2.47. The van der Waals surface area contributed by atoms with Crippen LogP contribution in [0.25, 0.3) is 21.9 Å².